The van der Waals surface area contributed by atoms with Gasteiger partial charge in [-0.1, -0.05) is 30.7 Å². The molecular formula is C16H27ClN2O. The van der Waals surface area contributed by atoms with E-state index in [1.807, 2.05) is 33.0 Å². The van der Waals surface area contributed by atoms with Gasteiger partial charge in [-0.3, -0.25) is 0 Å². The average Bonchev–Trinajstić information content (AvgIpc) is 2.38. The van der Waals surface area contributed by atoms with Gasteiger partial charge in [-0.05, 0) is 51.6 Å². The highest BCUT2D eigenvalue weighted by Crippen LogP contribution is 2.19. The highest BCUT2D eigenvalue weighted by Gasteiger charge is 2.18. The van der Waals surface area contributed by atoms with Gasteiger partial charge in [-0.2, -0.15) is 0 Å². The zero-order valence-electron chi connectivity index (χ0n) is 13.0. The summed E-state index contributed by atoms with van der Waals surface area (Å²) in [5.41, 5.74) is 0.599. The third-order valence-corrected chi connectivity index (χ3v) is 3.66. The molecule has 2 N–H and O–H groups in total. The average molecular weight is 299 g/mol. The number of rotatable bonds is 8. The second kappa shape index (κ2) is 7.99. The van der Waals surface area contributed by atoms with Crippen molar-refractivity contribution in [3.05, 3.63) is 34.9 Å². The van der Waals surface area contributed by atoms with Gasteiger partial charge in [0.2, 0.25) is 0 Å². The second-order valence-electron chi connectivity index (χ2n) is 5.86. The highest BCUT2D eigenvalue weighted by molar-refractivity contribution is 6.30. The van der Waals surface area contributed by atoms with E-state index < -0.39 is 5.60 Å². The number of likely N-dealkylation sites (N-methyl/N-ethyl adjacent to an activating group) is 1. The summed E-state index contributed by atoms with van der Waals surface area (Å²) in [6.07, 6.45) is 1.00. The molecule has 0 heterocycles. The Morgan fingerprint density at radius 2 is 1.90 bits per heavy atom. The van der Waals surface area contributed by atoms with Gasteiger partial charge < -0.3 is 15.3 Å². The summed E-state index contributed by atoms with van der Waals surface area (Å²) in [6.45, 7) is 8.42. The van der Waals surface area contributed by atoms with Crippen molar-refractivity contribution in [2.75, 3.05) is 26.7 Å². The van der Waals surface area contributed by atoms with Crippen LogP contribution in [0.25, 0.3) is 0 Å². The Bertz CT molecular complexity index is 386. The van der Waals surface area contributed by atoms with E-state index in [1.165, 1.54) is 5.56 Å². The minimum atomic E-state index is -0.647. The molecule has 0 fully saturated rings. The Balaban J connectivity index is 2.58. The van der Waals surface area contributed by atoms with Crippen LogP contribution in [0.2, 0.25) is 5.02 Å². The number of halogens is 1. The Labute approximate surface area is 127 Å². The van der Waals surface area contributed by atoms with Crippen molar-refractivity contribution in [1.29, 1.82) is 0 Å². The maximum atomic E-state index is 9.92. The fourth-order valence-electron chi connectivity index (χ4n) is 2.38. The normalized spacial score (nSPS) is 13.8. The molecule has 0 aliphatic rings. The minimum Gasteiger partial charge on any atom is -0.389 e. The first kappa shape index (κ1) is 17.4. The first-order valence-electron chi connectivity index (χ1n) is 7.23. The van der Waals surface area contributed by atoms with Crippen molar-refractivity contribution in [2.24, 2.45) is 0 Å². The number of nitrogens with one attached hydrogen (secondary N) is 1. The third kappa shape index (κ3) is 6.23. The van der Waals surface area contributed by atoms with Gasteiger partial charge in [-0.25, -0.2) is 0 Å². The van der Waals surface area contributed by atoms with Gasteiger partial charge in [0, 0.05) is 24.2 Å². The summed E-state index contributed by atoms with van der Waals surface area (Å²) in [6, 6.07) is 8.29. The molecule has 0 saturated heterocycles. The summed E-state index contributed by atoms with van der Waals surface area (Å²) in [5, 5.41) is 14.0. The molecule has 1 atom stereocenters. The monoisotopic (exact) mass is 298 g/mol. The lowest BCUT2D eigenvalue weighted by Crippen LogP contribution is -2.39. The Morgan fingerprint density at radius 1 is 1.30 bits per heavy atom. The van der Waals surface area contributed by atoms with E-state index in [0.29, 0.717) is 12.6 Å². The van der Waals surface area contributed by atoms with Crippen LogP contribution >= 0.6 is 11.6 Å². The maximum absolute atomic E-state index is 9.92. The Morgan fingerprint density at radius 3 is 2.35 bits per heavy atom. The Kier molecular flexibility index (Phi) is 6.96. The molecule has 114 valence electrons. The van der Waals surface area contributed by atoms with Crippen LogP contribution < -0.4 is 5.32 Å². The van der Waals surface area contributed by atoms with E-state index in [9.17, 15) is 5.11 Å². The van der Waals surface area contributed by atoms with Crippen LogP contribution in [0.5, 0.6) is 0 Å². The van der Waals surface area contributed by atoms with Crippen molar-refractivity contribution in [3.63, 3.8) is 0 Å². The highest BCUT2D eigenvalue weighted by atomic mass is 35.5. The topological polar surface area (TPSA) is 35.5 Å². The van der Waals surface area contributed by atoms with Crippen molar-refractivity contribution >= 4 is 11.6 Å². The minimum absolute atomic E-state index is 0.308. The number of benzene rings is 1. The quantitative estimate of drug-likeness (QED) is 0.774. The number of hydrogen-bond acceptors (Lipinski definition) is 3. The van der Waals surface area contributed by atoms with E-state index in [0.717, 1.165) is 24.5 Å². The second-order valence-corrected chi connectivity index (χ2v) is 6.30. The van der Waals surface area contributed by atoms with Gasteiger partial charge in [0.05, 0.1) is 5.60 Å². The molecule has 4 heteroatoms. The molecule has 3 nitrogen and oxygen atoms in total. The molecule has 1 rings (SSSR count). The fourth-order valence-corrected chi connectivity index (χ4v) is 2.51. The van der Waals surface area contributed by atoms with Crippen molar-refractivity contribution in [2.45, 2.75) is 38.8 Å². The molecule has 0 bridgehead atoms. The standard InChI is InChI=1S/C16H27ClN2O/c1-5-19(12-16(2,3)20)11-10-15(18-4)13-6-8-14(17)9-7-13/h6-9,15,18,20H,5,10-12H2,1-4H3. The molecule has 0 aliphatic carbocycles. The summed E-state index contributed by atoms with van der Waals surface area (Å²) in [7, 11) is 1.98. The van der Waals surface area contributed by atoms with Crippen molar-refractivity contribution in [3.8, 4) is 0 Å². The van der Waals surface area contributed by atoms with E-state index in [1.54, 1.807) is 0 Å². The lowest BCUT2D eigenvalue weighted by Gasteiger charge is -2.29. The largest absolute Gasteiger partial charge is 0.389 e. The van der Waals surface area contributed by atoms with Gasteiger partial charge in [0.1, 0.15) is 0 Å². The number of hydrogen-bond donors (Lipinski definition) is 2. The third-order valence-electron chi connectivity index (χ3n) is 3.41. The molecular weight excluding hydrogens is 272 g/mol. The van der Waals surface area contributed by atoms with E-state index in [4.69, 9.17) is 11.6 Å². The lowest BCUT2D eigenvalue weighted by molar-refractivity contribution is 0.0367. The van der Waals surface area contributed by atoms with Gasteiger partial charge in [-0.15, -0.1) is 0 Å². The van der Waals surface area contributed by atoms with E-state index in [-0.39, 0.29) is 0 Å². The van der Waals surface area contributed by atoms with Crippen LogP contribution in [0.1, 0.15) is 38.8 Å². The zero-order valence-corrected chi connectivity index (χ0v) is 13.7. The Hall–Kier alpha value is -0.610. The SMILES string of the molecule is CCN(CCC(NC)c1ccc(Cl)cc1)CC(C)(C)O. The molecule has 0 saturated carbocycles. The van der Waals surface area contributed by atoms with Crippen LogP contribution in [0.15, 0.2) is 24.3 Å². The van der Waals surface area contributed by atoms with Gasteiger partial charge >= 0.3 is 0 Å². The zero-order chi connectivity index (χ0) is 15.2. The van der Waals surface area contributed by atoms with Crippen LogP contribution in [0, 0.1) is 0 Å². The lowest BCUT2D eigenvalue weighted by atomic mass is 10.0. The molecule has 1 aromatic rings. The van der Waals surface area contributed by atoms with Crippen LogP contribution in [0.4, 0.5) is 0 Å². The molecule has 0 aliphatic heterocycles. The van der Waals surface area contributed by atoms with E-state index in [2.05, 4.69) is 29.3 Å². The van der Waals surface area contributed by atoms with Crippen LogP contribution in [0.3, 0.4) is 0 Å². The van der Waals surface area contributed by atoms with Gasteiger partial charge in [0.25, 0.3) is 0 Å². The molecule has 1 aromatic carbocycles. The molecule has 0 radical (unpaired) electrons. The summed E-state index contributed by atoms with van der Waals surface area (Å²) >= 11 is 5.93. The summed E-state index contributed by atoms with van der Waals surface area (Å²) in [4.78, 5) is 2.28. The van der Waals surface area contributed by atoms with Crippen molar-refractivity contribution < 1.29 is 5.11 Å². The van der Waals surface area contributed by atoms with Crippen LogP contribution in [-0.4, -0.2) is 42.3 Å². The first-order valence-corrected chi connectivity index (χ1v) is 7.61. The predicted octanol–water partition coefficient (Wildman–Crippen LogP) is 3.08. The van der Waals surface area contributed by atoms with E-state index >= 15 is 0 Å². The molecule has 0 spiro atoms. The molecule has 20 heavy (non-hydrogen) atoms. The first-order chi connectivity index (χ1) is 9.35. The molecule has 0 amide bonds. The molecule has 0 aromatic heterocycles. The summed E-state index contributed by atoms with van der Waals surface area (Å²) < 4.78 is 0. The van der Waals surface area contributed by atoms with Crippen molar-refractivity contribution in [1.82, 2.24) is 10.2 Å². The predicted molar refractivity (Wildman–Crippen MR) is 86.3 cm³/mol. The van der Waals surface area contributed by atoms with Gasteiger partial charge in [0.15, 0.2) is 0 Å². The number of nitrogens with zero attached hydrogens (tertiary/aromatic N) is 1. The molecule has 1 unspecified atom stereocenters. The summed E-state index contributed by atoms with van der Waals surface area (Å²) in [5.74, 6) is 0. The van der Waals surface area contributed by atoms with Crippen LogP contribution in [-0.2, 0) is 0 Å². The number of aliphatic hydroxyl groups is 1. The smallest absolute Gasteiger partial charge is 0.0718 e. The maximum Gasteiger partial charge on any atom is 0.0718 e. The fraction of sp³-hybridized carbons (Fsp3) is 0.625.